The maximum Gasteiger partial charge on any atom is 0.335 e. The highest BCUT2D eigenvalue weighted by Gasteiger charge is 2.40. The molecule has 1 aliphatic rings. The number of urea groups is 1. The van der Waals surface area contributed by atoms with Crippen LogP contribution >= 0.6 is 15.9 Å². The van der Waals surface area contributed by atoms with Crippen LogP contribution in [0.1, 0.15) is 0 Å². The summed E-state index contributed by atoms with van der Waals surface area (Å²) in [5, 5.41) is 2.18. The summed E-state index contributed by atoms with van der Waals surface area (Å²) in [6.07, 6.45) is 1.24. The number of halogens is 1. The summed E-state index contributed by atoms with van der Waals surface area (Å²) in [6.45, 7) is 0. The standard InChI is InChI=1S/C18H14BrN3O4/c1-26-14-8-6-13(7-9-14)22-17(24)15(16(23)21-18(22)25)10-20-12-4-2-11(19)3-5-12/h2-10,15H,1H3,(H,21,23,25)/t15-/m0/s1. The van der Waals surface area contributed by atoms with Crippen LogP contribution in [0.25, 0.3) is 0 Å². The van der Waals surface area contributed by atoms with Crippen molar-refractivity contribution in [3.63, 3.8) is 0 Å². The zero-order chi connectivity index (χ0) is 18.7. The lowest BCUT2D eigenvalue weighted by atomic mass is 10.1. The van der Waals surface area contributed by atoms with E-state index in [2.05, 4.69) is 26.2 Å². The molecule has 1 aliphatic heterocycles. The number of barbiturate groups is 1. The number of imide groups is 2. The first kappa shape index (κ1) is 17.8. The number of aliphatic imine (C=N–C) groups is 1. The van der Waals surface area contributed by atoms with Gasteiger partial charge in [-0.3, -0.25) is 19.9 Å². The van der Waals surface area contributed by atoms with E-state index in [9.17, 15) is 14.4 Å². The molecule has 3 rings (SSSR count). The monoisotopic (exact) mass is 415 g/mol. The SMILES string of the molecule is COc1ccc(N2C(=O)NC(=O)[C@H](C=Nc3ccc(Br)cc3)C2=O)cc1. The van der Waals surface area contributed by atoms with Gasteiger partial charge in [-0.05, 0) is 48.5 Å². The van der Waals surface area contributed by atoms with E-state index in [1.165, 1.54) is 13.3 Å². The van der Waals surface area contributed by atoms with Crippen molar-refractivity contribution in [3.8, 4) is 5.75 Å². The summed E-state index contributed by atoms with van der Waals surface area (Å²) < 4.78 is 5.95. The number of nitrogens with one attached hydrogen (secondary N) is 1. The maximum absolute atomic E-state index is 12.7. The number of rotatable bonds is 4. The minimum absolute atomic E-state index is 0.336. The molecule has 132 valence electrons. The molecule has 1 atom stereocenters. The number of hydrogen-bond donors (Lipinski definition) is 1. The van der Waals surface area contributed by atoms with Crippen LogP contribution in [-0.2, 0) is 9.59 Å². The first-order valence-electron chi connectivity index (χ1n) is 7.62. The van der Waals surface area contributed by atoms with Crippen molar-refractivity contribution in [2.45, 2.75) is 0 Å². The molecule has 8 heteroatoms. The third kappa shape index (κ3) is 3.65. The van der Waals surface area contributed by atoms with E-state index in [4.69, 9.17) is 4.74 Å². The molecule has 0 aliphatic carbocycles. The van der Waals surface area contributed by atoms with E-state index < -0.39 is 23.8 Å². The molecule has 7 nitrogen and oxygen atoms in total. The fraction of sp³-hybridized carbons (Fsp3) is 0.111. The smallest absolute Gasteiger partial charge is 0.335 e. The number of benzene rings is 2. The van der Waals surface area contributed by atoms with Gasteiger partial charge >= 0.3 is 6.03 Å². The van der Waals surface area contributed by atoms with E-state index in [-0.39, 0.29) is 0 Å². The van der Waals surface area contributed by atoms with Crippen molar-refractivity contribution in [2.75, 3.05) is 12.0 Å². The average Bonchev–Trinajstić information content (AvgIpc) is 2.63. The highest BCUT2D eigenvalue weighted by molar-refractivity contribution is 9.10. The van der Waals surface area contributed by atoms with Crippen LogP contribution in [0.3, 0.4) is 0 Å². The molecule has 1 heterocycles. The molecule has 0 bridgehead atoms. The van der Waals surface area contributed by atoms with Crippen LogP contribution in [0.5, 0.6) is 5.75 Å². The largest absolute Gasteiger partial charge is 0.497 e. The number of ether oxygens (including phenoxy) is 1. The third-order valence-electron chi connectivity index (χ3n) is 3.73. The van der Waals surface area contributed by atoms with Crippen LogP contribution in [0.2, 0.25) is 0 Å². The molecule has 0 unspecified atom stereocenters. The second-order valence-corrected chi connectivity index (χ2v) is 6.31. The van der Waals surface area contributed by atoms with Gasteiger partial charge in [-0.2, -0.15) is 0 Å². The lowest BCUT2D eigenvalue weighted by Gasteiger charge is -2.28. The predicted octanol–water partition coefficient (Wildman–Crippen LogP) is 3.06. The molecule has 0 spiro atoms. The molecule has 26 heavy (non-hydrogen) atoms. The Bertz CT molecular complexity index is 878. The molecule has 0 radical (unpaired) electrons. The number of nitrogens with zero attached hydrogens (tertiary/aromatic N) is 2. The fourth-order valence-corrected chi connectivity index (χ4v) is 2.65. The Kier molecular flexibility index (Phi) is 5.13. The Morgan fingerprint density at radius 3 is 2.35 bits per heavy atom. The Morgan fingerprint density at radius 2 is 1.73 bits per heavy atom. The number of amides is 4. The fourth-order valence-electron chi connectivity index (χ4n) is 2.39. The number of anilines is 1. The van der Waals surface area contributed by atoms with Crippen molar-refractivity contribution in [1.82, 2.24) is 5.32 Å². The summed E-state index contributed by atoms with van der Waals surface area (Å²) in [5.41, 5.74) is 0.921. The van der Waals surface area contributed by atoms with Gasteiger partial charge in [0.1, 0.15) is 5.75 Å². The number of hydrogen-bond acceptors (Lipinski definition) is 5. The number of carbonyl (C=O) groups excluding carboxylic acids is 3. The summed E-state index contributed by atoms with van der Waals surface area (Å²) in [7, 11) is 1.51. The second kappa shape index (κ2) is 7.49. The summed E-state index contributed by atoms with van der Waals surface area (Å²) in [5.74, 6) is -1.98. The van der Waals surface area contributed by atoms with Crippen molar-refractivity contribution in [3.05, 3.63) is 53.0 Å². The zero-order valence-electron chi connectivity index (χ0n) is 13.7. The minimum Gasteiger partial charge on any atom is -0.497 e. The predicted molar refractivity (Wildman–Crippen MR) is 99.8 cm³/mol. The normalized spacial score (nSPS) is 17.5. The molecular weight excluding hydrogens is 402 g/mol. The summed E-state index contributed by atoms with van der Waals surface area (Å²) in [6, 6.07) is 12.6. The van der Waals surface area contributed by atoms with Crippen LogP contribution in [0.15, 0.2) is 58.0 Å². The van der Waals surface area contributed by atoms with E-state index in [0.29, 0.717) is 17.1 Å². The van der Waals surface area contributed by atoms with Crippen LogP contribution in [0, 0.1) is 5.92 Å². The molecular formula is C18H14BrN3O4. The zero-order valence-corrected chi connectivity index (χ0v) is 15.3. The molecule has 0 aromatic heterocycles. The van der Waals surface area contributed by atoms with Crippen LogP contribution in [0.4, 0.5) is 16.2 Å². The summed E-state index contributed by atoms with van der Waals surface area (Å²) in [4.78, 5) is 42.0. The average molecular weight is 416 g/mol. The number of methoxy groups -OCH3 is 1. The summed E-state index contributed by atoms with van der Waals surface area (Å²) >= 11 is 3.32. The molecule has 4 amide bonds. The molecule has 2 aromatic carbocycles. The van der Waals surface area contributed by atoms with Crippen molar-refractivity contribution < 1.29 is 19.1 Å². The van der Waals surface area contributed by atoms with E-state index >= 15 is 0 Å². The Morgan fingerprint density at radius 1 is 1.08 bits per heavy atom. The van der Waals surface area contributed by atoms with Gasteiger partial charge in [0.25, 0.3) is 5.91 Å². The highest BCUT2D eigenvalue weighted by Crippen LogP contribution is 2.23. The second-order valence-electron chi connectivity index (χ2n) is 5.40. The van der Waals surface area contributed by atoms with Gasteiger partial charge in [-0.25, -0.2) is 9.69 Å². The molecule has 1 saturated heterocycles. The minimum atomic E-state index is -1.20. The van der Waals surface area contributed by atoms with Gasteiger partial charge in [-0.15, -0.1) is 0 Å². The van der Waals surface area contributed by atoms with Crippen LogP contribution < -0.4 is 15.0 Å². The quantitative estimate of drug-likeness (QED) is 0.613. The van der Waals surface area contributed by atoms with Gasteiger partial charge in [0.05, 0.1) is 18.5 Å². The molecule has 2 aromatic rings. The van der Waals surface area contributed by atoms with Crippen molar-refractivity contribution in [1.29, 1.82) is 0 Å². The van der Waals surface area contributed by atoms with Crippen molar-refractivity contribution >= 4 is 51.4 Å². The van der Waals surface area contributed by atoms with Gasteiger partial charge in [0, 0.05) is 10.7 Å². The van der Waals surface area contributed by atoms with E-state index in [0.717, 1.165) is 9.37 Å². The lowest BCUT2D eigenvalue weighted by molar-refractivity contribution is -0.131. The molecule has 1 fully saturated rings. The topological polar surface area (TPSA) is 88.1 Å². The van der Waals surface area contributed by atoms with Gasteiger partial charge in [0.15, 0.2) is 5.92 Å². The Balaban J connectivity index is 1.86. The van der Waals surface area contributed by atoms with E-state index in [1.807, 2.05) is 0 Å². The van der Waals surface area contributed by atoms with E-state index in [1.54, 1.807) is 48.5 Å². The Hall–Kier alpha value is -3.00. The highest BCUT2D eigenvalue weighted by atomic mass is 79.9. The Labute approximate surface area is 157 Å². The first-order chi connectivity index (χ1) is 12.5. The van der Waals surface area contributed by atoms with Crippen LogP contribution in [-0.4, -0.2) is 31.2 Å². The maximum atomic E-state index is 12.7. The molecule has 0 saturated carbocycles. The van der Waals surface area contributed by atoms with Gasteiger partial charge in [0.2, 0.25) is 5.91 Å². The number of carbonyl (C=O) groups is 3. The first-order valence-corrected chi connectivity index (χ1v) is 8.41. The van der Waals surface area contributed by atoms with Crippen molar-refractivity contribution in [2.24, 2.45) is 10.9 Å². The molecule has 1 N–H and O–H groups in total. The van der Waals surface area contributed by atoms with Gasteiger partial charge < -0.3 is 4.74 Å². The lowest BCUT2D eigenvalue weighted by Crippen LogP contribution is -2.58. The third-order valence-corrected chi connectivity index (χ3v) is 4.26. The van der Waals surface area contributed by atoms with Gasteiger partial charge in [-0.1, -0.05) is 15.9 Å².